The molecule has 82 valence electrons. The predicted molar refractivity (Wildman–Crippen MR) is 67.0 cm³/mol. The van der Waals surface area contributed by atoms with Crippen molar-refractivity contribution in [2.75, 3.05) is 0 Å². The van der Waals surface area contributed by atoms with Gasteiger partial charge in [0.15, 0.2) is 11.6 Å². The minimum atomic E-state index is -0.850. The van der Waals surface area contributed by atoms with E-state index in [0.717, 1.165) is 15.2 Å². The maximum Gasteiger partial charge on any atom is 0.168 e. The highest BCUT2D eigenvalue weighted by atomic mass is 127. The molecule has 0 spiro atoms. The number of aryl methyl sites for hydroxylation is 1. The van der Waals surface area contributed by atoms with E-state index in [4.69, 9.17) is 0 Å². The molecule has 0 aliphatic rings. The summed E-state index contributed by atoms with van der Waals surface area (Å²) in [6.45, 7) is 1.83. The Bertz CT molecular complexity index is 541. The van der Waals surface area contributed by atoms with Gasteiger partial charge in [0, 0.05) is 15.3 Å². The monoisotopic (exact) mass is 331 g/mol. The summed E-state index contributed by atoms with van der Waals surface area (Å²) in [5.41, 5.74) is 1.52. The van der Waals surface area contributed by atoms with Gasteiger partial charge >= 0.3 is 0 Å². The second kappa shape index (κ2) is 4.45. The zero-order chi connectivity index (χ0) is 11.7. The van der Waals surface area contributed by atoms with Crippen LogP contribution in [0.1, 0.15) is 5.56 Å². The van der Waals surface area contributed by atoms with E-state index in [1.54, 1.807) is 6.20 Å². The summed E-state index contributed by atoms with van der Waals surface area (Å²) in [6.07, 6.45) is 1.63. The third kappa shape index (κ3) is 2.07. The van der Waals surface area contributed by atoms with Crippen molar-refractivity contribution in [3.63, 3.8) is 0 Å². The van der Waals surface area contributed by atoms with Gasteiger partial charge in [0.05, 0.1) is 5.69 Å². The van der Waals surface area contributed by atoms with Gasteiger partial charge in [-0.05, 0) is 53.3 Å². The molecule has 1 heterocycles. The van der Waals surface area contributed by atoms with Crippen LogP contribution in [0.2, 0.25) is 0 Å². The summed E-state index contributed by atoms with van der Waals surface area (Å²) in [5, 5.41) is 0. The van der Waals surface area contributed by atoms with Gasteiger partial charge in [-0.25, -0.2) is 8.78 Å². The van der Waals surface area contributed by atoms with E-state index in [0.29, 0.717) is 5.69 Å². The molecule has 2 aromatic rings. The lowest BCUT2D eigenvalue weighted by Gasteiger charge is -2.06. The van der Waals surface area contributed by atoms with Crippen LogP contribution in [0.3, 0.4) is 0 Å². The highest BCUT2D eigenvalue weighted by Crippen LogP contribution is 2.26. The topological polar surface area (TPSA) is 12.9 Å². The quantitative estimate of drug-likeness (QED) is 0.722. The van der Waals surface area contributed by atoms with E-state index in [1.807, 2.05) is 13.0 Å². The van der Waals surface area contributed by atoms with Crippen LogP contribution in [-0.2, 0) is 0 Å². The Balaban J connectivity index is 2.63. The lowest BCUT2D eigenvalue weighted by molar-refractivity contribution is 0.511. The van der Waals surface area contributed by atoms with Crippen LogP contribution in [0, 0.1) is 22.1 Å². The summed E-state index contributed by atoms with van der Waals surface area (Å²) >= 11 is 2.13. The van der Waals surface area contributed by atoms with Crippen molar-refractivity contribution in [1.82, 2.24) is 4.98 Å². The molecule has 0 atom stereocenters. The van der Waals surface area contributed by atoms with Crippen molar-refractivity contribution in [3.8, 4) is 11.3 Å². The van der Waals surface area contributed by atoms with E-state index >= 15 is 0 Å². The van der Waals surface area contributed by atoms with Crippen LogP contribution in [0.5, 0.6) is 0 Å². The molecule has 0 N–H and O–H groups in total. The third-order valence-electron chi connectivity index (χ3n) is 2.25. The summed E-state index contributed by atoms with van der Waals surface area (Å²) < 4.78 is 27.6. The Morgan fingerprint density at radius 1 is 1.25 bits per heavy atom. The first kappa shape index (κ1) is 11.4. The Hall–Kier alpha value is -1.04. The van der Waals surface area contributed by atoms with Crippen molar-refractivity contribution in [2.45, 2.75) is 6.92 Å². The van der Waals surface area contributed by atoms with Crippen molar-refractivity contribution in [2.24, 2.45) is 0 Å². The number of nitrogens with zero attached hydrogens (tertiary/aromatic N) is 1. The van der Waals surface area contributed by atoms with E-state index in [-0.39, 0.29) is 5.56 Å². The van der Waals surface area contributed by atoms with E-state index in [2.05, 4.69) is 27.6 Å². The van der Waals surface area contributed by atoms with Gasteiger partial charge in [0.2, 0.25) is 0 Å². The molecule has 16 heavy (non-hydrogen) atoms. The Morgan fingerprint density at radius 3 is 2.69 bits per heavy atom. The smallest absolute Gasteiger partial charge is 0.168 e. The van der Waals surface area contributed by atoms with E-state index in [1.165, 1.54) is 12.1 Å². The largest absolute Gasteiger partial charge is 0.255 e. The summed E-state index contributed by atoms with van der Waals surface area (Å²) in [7, 11) is 0. The zero-order valence-corrected chi connectivity index (χ0v) is 10.6. The molecule has 0 amide bonds. The molecule has 4 heteroatoms. The van der Waals surface area contributed by atoms with Crippen molar-refractivity contribution >= 4 is 22.6 Å². The normalized spacial score (nSPS) is 10.5. The second-order valence-corrected chi connectivity index (χ2v) is 4.67. The first-order chi connectivity index (χ1) is 7.59. The number of rotatable bonds is 1. The summed E-state index contributed by atoms with van der Waals surface area (Å²) in [6, 6.07) is 5.99. The highest BCUT2D eigenvalue weighted by molar-refractivity contribution is 14.1. The summed E-state index contributed by atoms with van der Waals surface area (Å²) in [5.74, 6) is -1.70. The minimum Gasteiger partial charge on any atom is -0.255 e. The Labute approximate surface area is 106 Å². The number of aromatic nitrogens is 1. The first-order valence-corrected chi connectivity index (χ1v) is 5.74. The van der Waals surface area contributed by atoms with E-state index < -0.39 is 11.6 Å². The van der Waals surface area contributed by atoms with Crippen molar-refractivity contribution < 1.29 is 8.78 Å². The predicted octanol–water partition coefficient (Wildman–Crippen LogP) is 3.94. The number of hydrogen-bond acceptors (Lipinski definition) is 1. The number of pyridine rings is 1. The first-order valence-electron chi connectivity index (χ1n) is 4.66. The number of hydrogen-bond donors (Lipinski definition) is 0. The molecule has 0 aliphatic carbocycles. The Kier molecular flexibility index (Phi) is 3.18. The van der Waals surface area contributed by atoms with Crippen LogP contribution in [0.25, 0.3) is 11.3 Å². The molecular weight excluding hydrogens is 323 g/mol. The molecule has 0 bridgehead atoms. The zero-order valence-electron chi connectivity index (χ0n) is 8.47. The molecule has 1 aromatic heterocycles. The average Bonchev–Trinajstić information content (AvgIpc) is 2.23. The molecule has 0 saturated heterocycles. The fourth-order valence-electron chi connectivity index (χ4n) is 1.51. The summed E-state index contributed by atoms with van der Waals surface area (Å²) in [4.78, 5) is 4.14. The molecule has 0 fully saturated rings. The number of halogens is 3. The van der Waals surface area contributed by atoms with Gasteiger partial charge in [-0.15, -0.1) is 0 Å². The van der Waals surface area contributed by atoms with Gasteiger partial charge in [0.1, 0.15) is 0 Å². The molecule has 0 aliphatic heterocycles. The molecule has 1 nitrogen and oxygen atoms in total. The van der Waals surface area contributed by atoms with Crippen LogP contribution in [-0.4, -0.2) is 4.98 Å². The lowest BCUT2D eigenvalue weighted by atomic mass is 10.1. The van der Waals surface area contributed by atoms with Crippen molar-refractivity contribution in [3.05, 3.63) is 51.2 Å². The lowest BCUT2D eigenvalue weighted by Crippen LogP contribution is -1.94. The minimum absolute atomic E-state index is 0.203. The fourth-order valence-corrected chi connectivity index (χ4v) is 2.12. The van der Waals surface area contributed by atoms with Gasteiger partial charge in [-0.2, -0.15) is 0 Å². The highest BCUT2D eigenvalue weighted by Gasteiger charge is 2.12. The second-order valence-electron chi connectivity index (χ2n) is 3.42. The number of benzene rings is 1. The van der Waals surface area contributed by atoms with Gasteiger partial charge in [-0.3, -0.25) is 4.98 Å². The van der Waals surface area contributed by atoms with Gasteiger partial charge in [-0.1, -0.05) is 6.07 Å². The fraction of sp³-hybridized carbons (Fsp3) is 0.0833. The molecule has 0 saturated carbocycles. The molecule has 0 unspecified atom stereocenters. The van der Waals surface area contributed by atoms with E-state index in [9.17, 15) is 8.78 Å². The van der Waals surface area contributed by atoms with Crippen molar-refractivity contribution in [1.29, 1.82) is 0 Å². The van der Waals surface area contributed by atoms with Crippen LogP contribution >= 0.6 is 22.6 Å². The van der Waals surface area contributed by atoms with Crippen LogP contribution in [0.4, 0.5) is 8.78 Å². The van der Waals surface area contributed by atoms with Gasteiger partial charge < -0.3 is 0 Å². The third-order valence-corrected chi connectivity index (χ3v) is 2.84. The molecule has 2 rings (SSSR count). The van der Waals surface area contributed by atoms with Crippen LogP contribution < -0.4 is 0 Å². The standard InChI is InChI=1S/C12H8F2IN/c1-7-5-8(15)6-16-12(7)9-3-2-4-10(13)11(9)14/h2-6H,1H3. The average molecular weight is 331 g/mol. The SMILES string of the molecule is Cc1cc(I)cnc1-c1cccc(F)c1F. The van der Waals surface area contributed by atoms with Gasteiger partial charge in [0.25, 0.3) is 0 Å². The Morgan fingerprint density at radius 2 is 2.00 bits per heavy atom. The molecule has 0 radical (unpaired) electrons. The molecular formula is C12H8F2IN. The maximum atomic E-state index is 13.6. The molecule has 1 aromatic carbocycles. The van der Waals surface area contributed by atoms with Crippen LogP contribution in [0.15, 0.2) is 30.5 Å². The maximum absolute atomic E-state index is 13.6.